The lowest BCUT2D eigenvalue weighted by Crippen LogP contribution is -2.17. The van der Waals surface area contributed by atoms with Gasteiger partial charge in [0.15, 0.2) is 6.29 Å². The molecule has 0 aliphatic rings. The highest BCUT2D eigenvalue weighted by atomic mass is 19.4. The number of rotatable bonds is 1. The van der Waals surface area contributed by atoms with E-state index in [1.807, 2.05) is 0 Å². The van der Waals surface area contributed by atoms with Crippen molar-refractivity contribution in [3.05, 3.63) is 24.2 Å². The molecule has 4 nitrogen and oxygen atoms in total. The average Bonchev–Trinajstić information content (AvgIpc) is 2.59. The second-order valence-corrected chi connectivity index (χ2v) is 2.81. The molecular weight excluding hydrogens is 211 g/mol. The number of nitrogens with zero attached hydrogens (tertiary/aromatic N) is 3. The normalized spacial score (nSPS) is 11.9. The molecule has 0 N–H and O–H groups in total. The van der Waals surface area contributed by atoms with E-state index in [9.17, 15) is 18.0 Å². The first-order valence-electron chi connectivity index (χ1n) is 3.88. The Kier molecular flexibility index (Phi) is 1.95. The molecule has 15 heavy (non-hydrogen) atoms. The van der Waals surface area contributed by atoms with Gasteiger partial charge in [-0.1, -0.05) is 0 Å². The minimum Gasteiger partial charge on any atom is -0.296 e. The third-order valence-electron chi connectivity index (χ3n) is 1.83. The fraction of sp³-hybridized carbons (Fsp3) is 0.125. The molecule has 7 heteroatoms. The van der Waals surface area contributed by atoms with Crippen molar-refractivity contribution in [2.45, 2.75) is 6.30 Å². The van der Waals surface area contributed by atoms with Gasteiger partial charge >= 0.3 is 6.30 Å². The minimum atomic E-state index is -4.59. The quantitative estimate of drug-likeness (QED) is 0.680. The minimum absolute atomic E-state index is 0.0616. The fourth-order valence-corrected chi connectivity index (χ4v) is 1.20. The SMILES string of the molecule is O=Cc1cc2c(cn1)cnn2C(F)(F)F. The molecule has 2 rings (SSSR count). The van der Waals surface area contributed by atoms with Gasteiger partial charge in [0.2, 0.25) is 0 Å². The number of pyridine rings is 1. The molecule has 2 aromatic heterocycles. The lowest BCUT2D eigenvalue weighted by molar-refractivity contribution is -0.209. The molecule has 0 spiro atoms. The summed E-state index contributed by atoms with van der Waals surface area (Å²) in [5.74, 6) is 0. The number of fused-ring (bicyclic) bond motifs is 1. The maximum Gasteiger partial charge on any atom is 0.505 e. The van der Waals surface area contributed by atoms with Crippen molar-refractivity contribution in [3.63, 3.8) is 0 Å². The Morgan fingerprint density at radius 1 is 1.33 bits per heavy atom. The van der Waals surface area contributed by atoms with Crippen molar-refractivity contribution in [2.75, 3.05) is 0 Å². The van der Waals surface area contributed by atoms with Gasteiger partial charge in [-0.25, -0.2) is 0 Å². The number of hydrogen-bond donors (Lipinski definition) is 0. The summed E-state index contributed by atoms with van der Waals surface area (Å²) in [6.07, 6.45) is -1.99. The van der Waals surface area contributed by atoms with Crippen LogP contribution in [0, 0.1) is 0 Å². The molecule has 78 valence electrons. The molecule has 0 radical (unpaired) electrons. The first-order valence-corrected chi connectivity index (χ1v) is 3.88. The largest absolute Gasteiger partial charge is 0.505 e. The van der Waals surface area contributed by atoms with Crippen molar-refractivity contribution < 1.29 is 18.0 Å². The standard InChI is InChI=1S/C8H4F3N3O/c9-8(10,11)14-7-1-6(4-15)12-2-5(7)3-13-14/h1-4H. The molecule has 0 unspecified atom stereocenters. The zero-order chi connectivity index (χ0) is 11.1. The molecule has 0 saturated carbocycles. The number of carbonyl (C=O) groups is 1. The van der Waals surface area contributed by atoms with Crippen LogP contribution in [0.3, 0.4) is 0 Å². The van der Waals surface area contributed by atoms with Crippen molar-refractivity contribution >= 4 is 17.2 Å². The van der Waals surface area contributed by atoms with Gasteiger partial charge in [-0.2, -0.15) is 9.78 Å². The van der Waals surface area contributed by atoms with E-state index in [-0.39, 0.29) is 21.3 Å². The molecule has 0 aliphatic heterocycles. The van der Waals surface area contributed by atoms with Crippen molar-refractivity contribution in [2.24, 2.45) is 0 Å². The molecule has 0 fully saturated rings. The van der Waals surface area contributed by atoms with Crippen LogP contribution in [-0.2, 0) is 6.30 Å². The van der Waals surface area contributed by atoms with Gasteiger partial charge in [-0.15, -0.1) is 13.2 Å². The predicted molar refractivity (Wildman–Crippen MR) is 44.2 cm³/mol. The van der Waals surface area contributed by atoms with Crippen LogP contribution < -0.4 is 0 Å². The number of aldehydes is 1. The summed E-state index contributed by atoms with van der Waals surface area (Å²) in [6.45, 7) is 0. The van der Waals surface area contributed by atoms with Crippen LogP contribution >= 0.6 is 0 Å². The smallest absolute Gasteiger partial charge is 0.296 e. The maximum atomic E-state index is 12.4. The Morgan fingerprint density at radius 3 is 2.67 bits per heavy atom. The average molecular weight is 215 g/mol. The van der Waals surface area contributed by atoms with Gasteiger partial charge in [0, 0.05) is 11.6 Å². The summed E-state index contributed by atoms with van der Waals surface area (Å²) in [6, 6.07) is 1.04. The van der Waals surface area contributed by atoms with Crippen LogP contribution in [0.2, 0.25) is 0 Å². The van der Waals surface area contributed by atoms with E-state index in [2.05, 4.69) is 10.1 Å². The van der Waals surface area contributed by atoms with Crippen molar-refractivity contribution in [1.82, 2.24) is 14.8 Å². The van der Waals surface area contributed by atoms with Gasteiger partial charge in [0.1, 0.15) is 5.69 Å². The first kappa shape index (κ1) is 9.63. The summed E-state index contributed by atoms with van der Waals surface area (Å²) in [4.78, 5) is 14.0. The number of aromatic nitrogens is 3. The van der Waals surface area contributed by atoms with Crippen LogP contribution in [0.5, 0.6) is 0 Å². The second-order valence-electron chi connectivity index (χ2n) is 2.81. The zero-order valence-corrected chi connectivity index (χ0v) is 7.19. The Bertz CT molecular complexity index is 517. The summed E-state index contributed by atoms with van der Waals surface area (Å²) in [5, 5.41) is 3.41. The molecular formula is C8H4F3N3O. The van der Waals surface area contributed by atoms with E-state index in [0.29, 0.717) is 6.29 Å². The van der Waals surface area contributed by atoms with Crippen LogP contribution in [0.25, 0.3) is 10.9 Å². The third kappa shape index (κ3) is 1.56. The Hall–Kier alpha value is -1.92. The van der Waals surface area contributed by atoms with E-state index in [4.69, 9.17) is 0 Å². The van der Waals surface area contributed by atoms with Gasteiger partial charge < -0.3 is 0 Å². The highest BCUT2D eigenvalue weighted by molar-refractivity contribution is 5.83. The van der Waals surface area contributed by atoms with Gasteiger partial charge in [-0.3, -0.25) is 9.78 Å². The summed E-state index contributed by atoms with van der Waals surface area (Å²) < 4.78 is 37.0. The summed E-state index contributed by atoms with van der Waals surface area (Å²) in [7, 11) is 0. The van der Waals surface area contributed by atoms with E-state index in [1.54, 1.807) is 0 Å². The Morgan fingerprint density at radius 2 is 2.07 bits per heavy atom. The molecule has 2 aromatic rings. The van der Waals surface area contributed by atoms with Crippen LogP contribution in [0.1, 0.15) is 10.5 Å². The first-order chi connectivity index (χ1) is 7.02. The monoisotopic (exact) mass is 215 g/mol. The Labute approximate surface area is 81.3 Å². The molecule has 0 saturated heterocycles. The van der Waals surface area contributed by atoms with E-state index in [0.717, 1.165) is 12.3 Å². The molecule has 0 aromatic carbocycles. The summed E-state index contributed by atoms with van der Waals surface area (Å²) in [5.41, 5.74) is -0.242. The number of hydrogen-bond acceptors (Lipinski definition) is 3. The molecule has 2 heterocycles. The predicted octanol–water partition coefficient (Wildman–Crippen LogP) is 1.72. The molecule has 0 atom stereocenters. The van der Waals surface area contributed by atoms with Crippen molar-refractivity contribution in [3.8, 4) is 0 Å². The van der Waals surface area contributed by atoms with E-state index < -0.39 is 6.30 Å². The van der Waals surface area contributed by atoms with Gasteiger partial charge in [0.25, 0.3) is 0 Å². The highest BCUT2D eigenvalue weighted by Gasteiger charge is 2.33. The second kappa shape index (κ2) is 3.04. The van der Waals surface area contributed by atoms with Crippen LogP contribution in [0.4, 0.5) is 13.2 Å². The Balaban J connectivity index is 2.72. The number of alkyl halides is 3. The lowest BCUT2D eigenvalue weighted by Gasteiger charge is -2.06. The molecule has 0 amide bonds. The van der Waals surface area contributed by atoms with Crippen LogP contribution in [-0.4, -0.2) is 21.1 Å². The zero-order valence-electron chi connectivity index (χ0n) is 7.19. The van der Waals surface area contributed by atoms with Crippen LogP contribution in [0.15, 0.2) is 18.5 Å². The van der Waals surface area contributed by atoms with E-state index >= 15 is 0 Å². The van der Waals surface area contributed by atoms with E-state index in [1.165, 1.54) is 6.20 Å². The van der Waals surface area contributed by atoms with Gasteiger partial charge in [0.05, 0.1) is 11.7 Å². The molecule has 0 aliphatic carbocycles. The molecule has 0 bridgehead atoms. The van der Waals surface area contributed by atoms with Crippen molar-refractivity contribution in [1.29, 1.82) is 0 Å². The maximum absolute atomic E-state index is 12.4. The fourth-order valence-electron chi connectivity index (χ4n) is 1.20. The summed E-state index contributed by atoms with van der Waals surface area (Å²) >= 11 is 0. The van der Waals surface area contributed by atoms with Gasteiger partial charge in [-0.05, 0) is 6.07 Å². The topological polar surface area (TPSA) is 47.8 Å². The number of carbonyl (C=O) groups excluding carboxylic acids is 1. The number of halogens is 3. The lowest BCUT2D eigenvalue weighted by atomic mass is 10.3. The third-order valence-corrected chi connectivity index (χ3v) is 1.83. The highest BCUT2D eigenvalue weighted by Crippen LogP contribution is 2.26.